The first-order valence-corrected chi connectivity index (χ1v) is 8.85. The molecular weight excluding hydrogens is 376 g/mol. The van der Waals surface area contributed by atoms with E-state index in [1.165, 1.54) is 49.6 Å². The summed E-state index contributed by atoms with van der Waals surface area (Å²) >= 11 is 0. The maximum atomic E-state index is 12.5. The SMILES string of the molecule is COc1cc(C(=O)/C=C/C=C/C=C\C(=O)O)c(O)c(C(C)CC/C=C/C(=O)O)c1. The number of aliphatic carboxylic acids is 2. The second-order valence-corrected chi connectivity index (χ2v) is 6.14. The Kier molecular flexibility index (Phi) is 9.67. The van der Waals surface area contributed by atoms with Gasteiger partial charge in [-0.3, -0.25) is 4.79 Å². The Hall–Kier alpha value is -3.61. The number of ketones is 1. The maximum absolute atomic E-state index is 12.5. The first kappa shape index (κ1) is 23.4. The third kappa shape index (κ3) is 8.30. The predicted octanol–water partition coefficient (Wildman–Crippen LogP) is 3.86. The molecule has 1 atom stereocenters. The van der Waals surface area contributed by atoms with Crippen molar-refractivity contribution in [3.05, 3.63) is 71.9 Å². The minimum absolute atomic E-state index is 0.0815. The van der Waals surface area contributed by atoms with Crippen molar-refractivity contribution in [3.63, 3.8) is 0 Å². The molecule has 7 heteroatoms. The van der Waals surface area contributed by atoms with Crippen molar-refractivity contribution >= 4 is 17.7 Å². The van der Waals surface area contributed by atoms with E-state index in [9.17, 15) is 19.5 Å². The van der Waals surface area contributed by atoms with Gasteiger partial charge in [-0.1, -0.05) is 37.3 Å². The van der Waals surface area contributed by atoms with Crippen molar-refractivity contribution in [2.75, 3.05) is 7.11 Å². The van der Waals surface area contributed by atoms with Gasteiger partial charge in [-0.15, -0.1) is 0 Å². The molecule has 0 saturated heterocycles. The summed E-state index contributed by atoms with van der Waals surface area (Å²) in [5.41, 5.74) is 0.614. The number of phenolic OH excluding ortho intramolecular Hbond substituents is 1. The van der Waals surface area contributed by atoms with Gasteiger partial charge < -0.3 is 20.1 Å². The van der Waals surface area contributed by atoms with E-state index in [0.29, 0.717) is 24.2 Å². The highest BCUT2D eigenvalue weighted by molar-refractivity contribution is 6.07. The Labute approximate surface area is 168 Å². The van der Waals surface area contributed by atoms with Crippen LogP contribution in [0.4, 0.5) is 0 Å². The van der Waals surface area contributed by atoms with E-state index in [1.807, 2.05) is 6.92 Å². The van der Waals surface area contributed by atoms with Crippen molar-refractivity contribution in [1.82, 2.24) is 0 Å². The summed E-state index contributed by atoms with van der Waals surface area (Å²) in [5.74, 6) is -2.40. The molecule has 1 aromatic carbocycles. The van der Waals surface area contributed by atoms with E-state index in [4.69, 9.17) is 14.9 Å². The lowest BCUT2D eigenvalue weighted by atomic mass is 9.92. The second kappa shape index (κ2) is 12.0. The fraction of sp³-hybridized carbons (Fsp3) is 0.227. The summed E-state index contributed by atoms with van der Waals surface area (Å²) in [6.45, 7) is 1.87. The molecule has 0 bridgehead atoms. The fourth-order valence-corrected chi connectivity index (χ4v) is 2.50. The van der Waals surface area contributed by atoms with Crippen molar-refractivity contribution in [1.29, 1.82) is 0 Å². The lowest BCUT2D eigenvalue weighted by Gasteiger charge is -2.16. The maximum Gasteiger partial charge on any atom is 0.328 e. The third-order valence-corrected chi connectivity index (χ3v) is 3.99. The molecule has 0 aromatic heterocycles. The van der Waals surface area contributed by atoms with E-state index in [-0.39, 0.29) is 17.2 Å². The molecule has 0 amide bonds. The summed E-state index contributed by atoms with van der Waals surface area (Å²) in [6.07, 6.45) is 11.6. The average molecular weight is 400 g/mol. The summed E-state index contributed by atoms with van der Waals surface area (Å²) in [6, 6.07) is 3.09. The number of aromatic hydroxyl groups is 1. The number of phenols is 1. The zero-order valence-electron chi connectivity index (χ0n) is 16.2. The minimum atomic E-state index is -1.07. The Balaban J connectivity index is 3.00. The van der Waals surface area contributed by atoms with Gasteiger partial charge in [-0.05, 0) is 37.0 Å². The van der Waals surface area contributed by atoms with Gasteiger partial charge in [0.1, 0.15) is 11.5 Å². The summed E-state index contributed by atoms with van der Waals surface area (Å²) in [5, 5.41) is 27.7. The van der Waals surface area contributed by atoms with Crippen LogP contribution in [0, 0.1) is 0 Å². The highest BCUT2D eigenvalue weighted by Gasteiger charge is 2.18. The molecular formula is C22H24O7. The van der Waals surface area contributed by atoms with Crippen LogP contribution in [0.2, 0.25) is 0 Å². The topological polar surface area (TPSA) is 121 Å². The zero-order valence-corrected chi connectivity index (χ0v) is 16.2. The monoisotopic (exact) mass is 400 g/mol. The van der Waals surface area contributed by atoms with Crippen LogP contribution in [0.5, 0.6) is 11.5 Å². The Morgan fingerprint density at radius 1 is 1.00 bits per heavy atom. The standard InChI is InChI=1S/C22H24O7/c1-15(9-7-8-12-21(26)27)17-13-16(29-2)14-18(22(17)28)19(23)10-5-3-4-6-11-20(24)25/h3-6,8,10-15,28H,7,9H2,1-2H3,(H,24,25)(H,26,27)/b4-3+,10-5+,11-6-,12-8+. The highest BCUT2D eigenvalue weighted by atomic mass is 16.5. The molecule has 7 nitrogen and oxygen atoms in total. The molecule has 3 N–H and O–H groups in total. The second-order valence-electron chi connectivity index (χ2n) is 6.14. The van der Waals surface area contributed by atoms with Gasteiger partial charge in [0.25, 0.3) is 0 Å². The van der Waals surface area contributed by atoms with Gasteiger partial charge in [-0.2, -0.15) is 0 Å². The van der Waals surface area contributed by atoms with Crippen LogP contribution in [0.15, 0.2) is 60.7 Å². The predicted molar refractivity (Wildman–Crippen MR) is 108 cm³/mol. The van der Waals surface area contributed by atoms with Crippen LogP contribution in [0.25, 0.3) is 0 Å². The molecule has 0 aliphatic heterocycles. The smallest absolute Gasteiger partial charge is 0.328 e. The molecule has 154 valence electrons. The van der Waals surface area contributed by atoms with Gasteiger partial charge in [0.05, 0.1) is 12.7 Å². The largest absolute Gasteiger partial charge is 0.507 e. The Bertz CT molecular complexity index is 860. The van der Waals surface area contributed by atoms with Crippen LogP contribution in [-0.4, -0.2) is 40.2 Å². The average Bonchev–Trinajstić information content (AvgIpc) is 2.67. The van der Waals surface area contributed by atoms with Gasteiger partial charge in [-0.25, -0.2) is 9.59 Å². The lowest BCUT2D eigenvalue weighted by molar-refractivity contribution is -0.132. The number of allylic oxidation sites excluding steroid dienone is 6. The molecule has 0 fully saturated rings. The number of carbonyl (C=O) groups is 3. The third-order valence-electron chi connectivity index (χ3n) is 3.99. The molecule has 1 aromatic rings. The molecule has 0 radical (unpaired) electrons. The Morgan fingerprint density at radius 2 is 1.62 bits per heavy atom. The number of carboxylic acids is 2. The molecule has 0 aliphatic carbocycles. The highest BCUT2D eigenvalue weighted by Crippen LogP contribution is 2.36. The molecule has 0 spiro atoms. The normalized spacial score (nSPS) is 12.9. The van der Waals surface area contributed by atoms with Gasteiger partial charge >= 0.3 is 11.9 Å². The summed E-state index contributed by atoms with van der Waals surface area (Å²) in [4.78, 5) is 33.3. The quantitative estimate of drug-likeness (QED) is 0.293. The van der Waals surface area contributed by atoms with Crippen LogP contribution in [0.3, 0.4) is 0 Å². The van der Waals surface area contributed by atoms with E-state index in [0.717, 1.165) is 12.2 Å². The number of methoxy groups -OCH3 is 1. The number of carboxylic acid groups (broad SMARTS) is 2. The number of hydrogen-bond donors (Lipinski definition) is 3. The van der Waals surface area contributed by atoms with E-state index in [1.54, 1.807) is 6.07 Å². The fourth-order valence-electron chi connectivity index (χ4n) is 2.50. The lowest BCUT2D eigenvalue weighted by Crippen LogP contribution is -2.02. The minimum Gasteiger partial charge on any atom is -0.507 e. The number of hydrogen-bond acceptors (Lipinski definition) is 5. The van der Waals surface area contributed by atoms with Crippen LogP contribution < -0.4 is 4.74 Å². The molecule has 1 unspecified atom stereocenters. The summed E-state index contributed by atoms with van der Waals surface area (Å²) < 4.78 is 5.23. The molecule has 0 saturated carbocycles. The van der Waals surface area contributed by atoms with Crippen LogP contribution in [-0.2, 0) is 9.59 Å². The molecule has 0 heterocycles. The number of carbonyl (C=O) groups excluding carboxylic acids is 1. The number of benzene rings is 1. The van der Waals surface area contributed by atoms with Crippen LogP contribution in [0.1, 0.15) is 41.6 Å². The zero-order chi connectivity index (χ0) is 21.8. The van der Waals surface area contributed by atoms with E-state index < -0.39 is 17.7 Å². The van der Waals surface area contributed by atoms with Gasteiger partial charge in [0, 0.05) is 17.7 Å². The van der Waals surface area contributed by atoms with Crippen LogP contribution >= 0.6 is 0 Å². The first-order valence-electron chi connectivity index (χ1n) is 8.85. The number of rotatable bonds is 11. The van der Waals surface area contributed by atoms with Crippen molar-refractivity contribution < 1.29 is 34.4 Å². The van der Waals surface area contributed by atoms with E-state index >= 15 is 0 Å². The van der Waals surface area contributed by atoms with Gasteiger partial charge in [0.15, 0.2) is 5.78 Å². The number of ether oxygens (including phenoxy) is 1. The van der Waals surface area contributed by atoms with Crippen molar-refractivity contribution in [2.45, 2.75) is 25.7 Å². The Morgan fingerprint density at radius 3 is 2.21 bits per heavy atom. The summed E-state index contributed by atoms with van der Waals surface area (Å²) in [7, 11) is 1.46. The van der Waals surface area contributed by atoms with Gasteiger partial charge in [0.2, 0.25) is 0 Å². The molecule has 0 aliphatic rings. The van der Waals surface area contributed by atoms with Crippen molar-refractivity contribution in [2.24, 2.45) is 0 Å². The molecule has 29 heavy (non-hydrogen) atoms. The van der Waals surface area contributed by atoms with E-state index in [2.05, 4.69) is 0 Å². The first-order chi connectivity index (χ1) is 13.8. The van der Waals surface area contributed by atoms with Crippen molar-refractivity contribution in [3.8, 4) is 11.5 Å². The molecule has 1 rings (SSSR count).